The van der Waals surface area contributed by atoms with Gasteiger partial charge in [0.05, 0.1) is 6.20 Å². The molecule has 0 radical (unpaired) electrons. The molecule has 1 aliphatic rings. The fourth-order valence-corrected chi connectivity index (χ4v) is 3.20. The first kappa shape index (κ1) is 14.6. The Kier molecular flexibility index (Phi) is 5.44. The monoisotopic (exact) mass is 263 g/mol. The molecule has 1 fully saturated rings. The Bertz CT molecular complexity index is 370. The van der Waals surface area contributed by atoms with Crippen molar-refractivity contribution >= 4 is 0 Å². The van der Waals surface area contributed by atoms with Gasteiger partial charge in [-0.05, 0) is 43.7 Å². The average molecular weight is 263 g/mol. The van der Waals surface area contributed by atoms with Crippen LogP contribution in [0.15, 0.2) is 12.4 Å². The number of rotatable bonds is 5. The van der Waals surface area contributed by atoms with Gasteiger partial charge >= 0.3 is 0 Å². The molecule has 3 nitrogen and oxygen atoms in total. The molecule has 0 amide bonds. The van der Waals surface area contributed by atoms with Gasteiger partial charge in [-0.2, -0.15) is 5.10 Å². The second-order valence-electron chi connectivity index (χ2n) is 6.20. The van der Waals surface area contributed by atoms with E-state index < -0.39 is 0 Å². The lowest BCUT2D eigenvalue weighted by molar-refractivity contribution is 0.362. The van der Waals surface area contributed by atoms with Crippen molar-refractivity contribution in [1.29, 1.82) is 0 Å². The van der Waals surface area contributed by atoms with E-state index in [-0.39, 0.29) is 0 Å². The van der Waals surface area contributed by atoms with Gasteiger partial charge in [0.2, 0.25) is 0 Å². The number of aryl methyl sites for hydroxylation is 1. The highest BCUT2D eigenvalue weighted by molar-refractivity contribution is 5.13. The molecule has 108 valence electrons. The molecule has 2 unspecified atom stereocenters. The molecular weight excluding hydrogens is 234 g/mol. The summed E-state index contributed by atoms with van der Waals surface area (Å²) in [5.41, 5.74) is 1.46. The van der Waals surface area contributed by atoms with Crippen molar-refractivity contribution in [3.63, 3.8) is 0 Å². The largest absolute Gasteiger partial charge is 0.314 e. The van der Waals surface area contributed by atoms with Gasteiger partial charge < -0.3 is 5.32 Å². The van der Waals surface area contributed by atoms with E-state index in [0.29, 0.717) is 12.0 Å². The Hall–Kier alpha value is -0.830. The van der Waals surface area contributed by atoms with Crippen LogP contribution in [-0.4, -0.2) is 22.4 Å². The summed E-state index contributed by atoms with van der Waals surface area (Å²) >= 11 is 0. The minimum Gasteiger partial charge on any atom is -0.314 e. The van der Waals surface area contributed by atoms with Gasteiger partial charge in [-0.3, -0.25) is 4.68 Å². The van der Waals surface area contributed by atoms with Gasteiger partial charge in [0.1, 0.15) is 0 Å². The van der Waals surface area contributed by atoms with E-state index in [9.17, 15) is 0 Å². The molecule has 0 saturated heterocycles. The van der Waals surface area contributed by atoms with E-state index in [0.717, 1.165) is 19.0 Å². The molecule has 2 rings (SSSR count). The normalized spacial score (nSPS) is 24.6. The zero-order valence-corrected chi connectivity index (χ0v) is 12.7. The zero-order chi connectivity index (χ0) is 13.7. The first-order valence-corrected chi connectivity index (χ1v) is 7.96. The van der Waals surface area contributed by atoms with E-state index in [1.54, 1.807) is 0 Å². The highest BCUT2D eigenvalue weighted by atomic mass is 15.3. The maximum atomic E-state index is 4.47. The van der Waals surface area contributed by atoms with Crippen LogP contribution in [0.3, 0.4) is 0 Å². The van der Waals surface area contributed by atoms with Crippen LogP contribution in [-0.2, 0) is 6.54 Å². The van der Waals surface area contributed by atoms with Gasteiger partial charge in [0.15, 0.2) is 0 Å². The number of aromatic nitrogens is 2. The molecule has 0 aromatic carbocycles. The Morgan fingerprint density at radius 1 is 1.32 bits per heavy atom. The van der Waals surface area contributed by atoms with Crippen molar-refractivity contribution < 1.29 is 0 Å². The third kappa shape index (κ3) is 4.07. The lowest BCUT2D eigenvalue weighted by atomic mass is 9.83. The smallest absolute Gasteiger partial charge is 0.0524 e. The average Bonchev–Trinajstić information content (AvgIpc) is 2.75. The topological polar surface area (TPSA) is 29.9 Å². The maximum Gasteiger partial charge on any atom is 0.0524 e. The summed E-state index contributed by atoms with van der Waals surface area (Å²) in [6.07, 6.45) is 11.2. The molecule has 1 aromatic heterocycles. The molecule has 1 heterocycles. The van der Waals surface area contributed by atoms with Gasteiger partial charge in [-0.15, -0.1) is 0 Å². The molecule has 1 aliphatic carbocycles. The summed E-state index contributed by atoms with van der Waals surface area (Å²) in [7, 11) is 0. The van der Waals surface area contributed by atoms with E-state index in [1.165, 1.54) is 37.7 Å². The van der Waals surface area contributed by atoms with Gasteiger partial charge in [-0.1, -0.05) is 33.1 Å². The van der Waals surface area contributed by atoms with Crippen LogP contribution in [0.2, 0.25) is 0 Å². The zero-order valence-electron chi connectivity index (χ0n) is 12.7. The van der Waals surface area contributed by atoms with Gasteiger partial charge in [0, 0.05) is 18.8 Å². The molecule has 1 N–H and O–H groups in total. The summed E-state index contributed by atoms with van der Waals surface area (Å²) in [6.45, 7) is 8.75. The second kappa shape index (κ2) is 7.09. The van der Waals surface area contributed by atoms with Gasteiger partial charge in [0.25, 0.3) is 0 Å². The van der Waals surface area contributed by atoms with Crippen LogP contribution in [0.25, 0.3) is 0 Å². The third-order valence-corrected chi connectivity index (χ3v) is 4.35. The van der Waals surface area contributed by atoms with Crippen LogP contribution in [0.1, 0.15) is 64.4 Å². The Balaban J connectivity index is 2.07. The predicted octanol–water partition coefficient (Wildman–Crippen LogP) is 3.56. The summed E-state index contributed by atoms with van der Waals surface area (Å²) in [4.78, 5) is 0. The number of nitrogens with one attached hydrogen (secondary N) is 1. The SMILES string of the molecule is CCn1cc(C2CCCCCC2CNC(C)C)cn1. The third-order valence-electron chi connectivity index (χ3n) is 4.35. The number of hydrogen-bond donors (Lipinski definition) is 1. The number of nitrogens with zero attached hydrogens (tertiary/aromatic N) is 2. The highest BCUT2D eigenvalue weighted by Gasteiger charge is 2.26. The first-order chi connectivity index (χ1) is 9.20. The molecule has 1 aromatic rings. The lowest BCUT2D eigenvalue weighted by Gasteiger charge is -2.25. The Morgan fingerprint density at radius 3 is 2.79 bits per heavy atom. The van der Waals surface area contributed by atoms with Crippen molar-refractivity contribution in [2.75, 3.05) is 6.54 Å². The van der Waals surface area contributed by atoms with Crippen LogP contribution in [0.5, 0.6) is 0 Å². The van der Waals surface area contributed by atoms with Gasteiger partial charge in [-0.25, -0.2) is 0 Å². The summed E-state index contributed by atoms with van der Waals surface area (Å²) in [5.74, 6) is 1.48. The number of hydrogen-bond acceptors (Lipinski definition) is 2. The summed E-state index contributed by atoms with van der Waals surface area (Å²) < 4.78 is 2.06. The van der Waals surface area contributed by atoms with Crippen molar-refractivity contribution in [2.24, 2.45) is 5.92 Å². The summed E-state index contributed by atoms with van der Waals surface area (Å²) in [5, 5.41) is 8.10. The van der Waals surface area contributed by atoms with E-state index in [4.69, 9.17) is 0 Å². The lowest BCUT2D eigenvalue weighted by Crippen LogP contribution is -2.31. The molecule has 19 heavy (non-hydrogen) atoms. The van der Waals surface area contributed by atoms with E-state index in [2.05, 4.69) is 48.3 Å². The van der Waals surface area contributed by atoms with Crippen LogP contribution in [0.4, 0.5) is 0 Å². The first-order valence-electron chi connectivity index (χ1n) is 7.96. The predicted molar refractivity (Wildman–Crippen MR) is 80.4 cm³/mol. The molecule has 3 heteroatoms. The van der Waals surface area contributed by atoms with Crippen LogP contribution in [0, 0.1) is 5.92 Å². The molecule has 0 spiro atoms. The van der Waals surface area contributed by atoms with Crippen molar-refractivity contribution in [3.05, 3.63) is 18.0 Å². The second-order valence-corrected chi connectivity index (χ2v) is 6.20. The molecule has 1 saturated carbocycles. The Labute approximate surface area is 117 Å². The minimum absolute atomic E-state index is 0.585. The summed E-state index contributed by atoms with van der Waals surface area (Å²) in [6, 6.07) is 0.585. The molecule has 2 atom stereocenters. The minimum atomic E-state index is 0.585. The molecule has 0 aliphatic heterocycles. The standard InChI is InChI=1S/C16H29N3/c1-4-19-12-15(11-18-19)16-9-7-5-6-8-14(16)10-17-13(2)3/h11-14,16-17H,4-10H2,1-3H3. The maximum absolute atomic E-state index is 4.47. The van der Waals surface area contributed by atoms with Crippen molar-refractivity contribution in [3.8, 4) is 0 Å². The Morgan fingerprint density at radius 2 is 2.11 bits per heavy atom. The van der Waals surface area contributed by atoms with Crippen LogP contribution >= 0.6 is 0 Å². The van der Waals surface area contributed by atoms with E-state index in [1.807, 2.05) is 0 Å². The fraction of sp³-hybridized carbons (Fsp3) is 0.812. The molecule has 0 bridgehead atoms. The molecular formula is C16H29N3. The van der Waals surface area contributed by atoms with Crippen molar-refractivity contribution in [2.45, 2.75) is 71.4 Å². The highest BCUT2D eigenvalue weighted by Crippen LogP contribution is 2.36. The van der Waals surface area contributed by atoms with E-state index >= 15 is 0 Å². The van der Waals surface area contributed by atoms with Crippen molar-refractivity contribution in [1.82, 2.24) is 15.1 Å². The van der Waals surface area contributed by atoms with Crippen LogP contribution < -0.4 is 5.32 Å². The fourth-order valence-electron chi connectivity index (χ4n) is 3.20. The quantitative estimate of drug-likeness (QED) is 0.823.